The predicted octanol–water partition coefficient (Wildman–Crippen LogP) is 4.33. The molecule has 6 heteroatoms. The molecule has 0 aliphatic rings. The van der Waals surface area contributed by atoms with Crippen LogP contribution in [0.2, 0.25) is 0 Å². The summed E-state index contributed by atoms with van der Waals surface area (Å²) >= 11 is 3.37. The molecule has 0 spiro atoms. The van der Waals surface area contributed by atoms with Gasteiger partial charge in [0.2, 0.25) is 0 Å². The van der Waals surface area contributed by atoms with E-state index in [0.29, 0.717) is 12.0 Å². The van der Waals surface area contributed by atoms with Crippen molar-refractivity contribution in [1.29, 1.82) is 0 Å². The van der Waals surface area contributed by atoms with Crippen LogP contribution in [0.25, 0.3) is 5.65 Å². The quantitative estimate of drug-likeness (QED) is 0.548. The Labute approximate surface area is 158 Å². The summed E-state index contributed by atoms with van der Waals surface area (Å²) in [6.07, 6.45) is 2.63. The van der Waals surface area contributed by atoms with Crippen LogP contribution >= 0.6 is 15.9 Å². The average Bonchev–Trinajstić information content (AvgIpc) is 3.07. The van der Waals surface area contributed by atoms with Gasteiger partial charge in [-0.3, -0.25) is 9.20 Å². The maximum atomic E-state index is 12.3. The Balaban J connectivity index is 1.46. The first-order valence-electron chi connectivity index (χ1n) is 8.13. The van der Waals surface area contributed by atoms with Crippen LogP contribution < -0.4 is 5.32 Å². The van der Waals surface area contributed by atoms with Crippen molar-refractivity contribution in [3.63, 3.8) is 0 Å². The molecule has 0 aliphatic heterocycles. The first-order chi connectivity index (χ1) is 12.7. The number of nitrogens with zero attached hydrogens (tertiary/aromatic N) is 3. The Hall–Kier alpha value is -2.99. The second-order valence-electron chi connectivity index (χ2n) is 5.88. The molecular weight excluding hydrogens is 392 g/mol. The Bertz CT molecular complexity index is 1060. The second-order valence-corrected chi connectivity index (χ2v) is 6.80. The fourth-order valence-corrected chi connectivity index (χ4v) is 2.97. The van der Waals surface area contributed by atoms with Gasteiger partial charge in [0.15, 0.2) is 5.65 Å². The summed E-state index contributed by atoms with van der Waals surface area (Å²) in [6, 6.07) is 20.9. The molecule has 0 fully saturated rings. The molecule has 5 nitrogen and oxygen atoms in total. The normalized spacial score (nSPS) is 10.8. The molecule has 0 radical (unpaired) electrons. The number of aromatic nitrogens is 3. The van der Waals surface area contributed by atoms with Crippen LogP contribution in [0.3, 0.4) is 0 Å². The lowest BCUT2D eigenvalue weighted by atomic mass is 10.1. The van der Waals surface area contributed by atoms with E-state index in [-0.39, 0.29) is 5.91 Å². The van der Waals surface area contributed by atoms with Gasteiger partial charge < -0.3 is 5.32 Å². The molecule has 0 saturated carbocycles. The van der Waals surface area contributed by atoms with Crippen LogP contribution in [0.15, 0.2) is 77.4 Å². The molecule has 2 aromatic carbocycles. The van der Waals surface area contributed by atoms with Gasteiger partial charge >= 0.3 is 0 Å². The smallest absolute Gasteiger partial charge is 0.255 e. The number of nitrogens with one attached hydrogen (secondary N) is 1. The van der Waals surface area contributed by atoms with Crippen LogP contribution in [0.5, 0.6) is 0 Å². The van der Waals surface area contributed by atoms with Gasteiger partial charge in [0.1, 0.15) is 5.82 Å². The Morgan fingerprint density at radius 1 is 0.962 bits per heavy atom. The van der Waals surface area contributed by atoms with Crippen LogP contribution in [0.4, 0.5) is 5.69 Å². The monoisotopic (exact) mass is 406 g/mol. The van der Waals surface area contributed by atoms with E-state index in [1.54, 1.807) is 12.1 Å². The third-order valence-electron chi connectivity index (χ3n) is 4.06. The number of hydrogen-bond acceptors (Lipinski definition) is 3. The lowest BCUT2D eigenvalue weighted by Crippen LogP contribution is -2.11. The minimum Gasteiger partial charge on any atom is -0.322 e. The molecule has 0 atom stereocenters. The molecular formula is C20H15BrN4O. The third-order valence-corrected chi connectivity index (χ3v) is 4.59. The van der Waals surface area contributed by atoms with Crippen LogP contribution in [0, 0.1) is 0 Å². The van der Waals surface area contributed by atoms with E-state index in [2.05, 4.69) is 31.4 Å². The molecule has 2 aromatic heterocycles. The number of hydrogen-bond donors (Lipinski definition) is 1. The molecule has 0 aliphatic carbocycles. The number of fused-ring (bicyclic) bond motifs is 1. The van der Waals surface area contributed by atoms with Crippen molar-refractivity contribution in [2.75, 3.05) is 5.32 Å². The van der Waals surface area contributed by atoms with E-state index in [9.17, 15) is 4.79 Å². The topological polar surface area (TPSA) is 59.3 Å². The van der Waals surface area contributed by atoms with Crippen molar-refractivity contribution in [3.8, 4) is 0 Å². The SMILES string of the molecule is O=C(Nc1ccc(Cc2nnc3ccccn23)cc1)c1ccc(Br)cc1. The second kappa shape index (κ2) is 7.09. The van der Waals surface area contributed by atoms with Crippen molar-refractivity contribution in [1.82, 2.24) is 14.6 Å². The van der Waals surface area contributed by atoms with E-state index >= 15 is 0 Å². The Morgan fingerprint density at radius 2 is 1.73 bits per heavy atom. The number of pyridine rings is 1. The summed E-state index contributed by atoms with van der Waals surface area (Å²) in [5.74, 6) is 0.751. The molecule has 1 N–H and O–H groups in total. The van der Waals surface area contributed by atoms with E-state index in [4.69, 9.17) is 0 Å². The zero-order valence-corrected chi connectivity index (χ0v) is 15.3. The highest BCUT2D eigenvalue weighted by molar-refractivity contribution is 9.10. The number of amides is 1. The number of carbonyl (C=O) groups excluding carboxylic acids is 1. The van der Waals surface area contributed by atoms with Gasteiger partial charge in [-0.15, -0.1) is 10.2 Å². The van der Waals surface area contributed by atoms with Crippen molar-refractivity contribution < 1.29 is 4.79 Å². The van der Waals surface area contributed by atoms with Gasteiger partial charge in [-0.1, -0.05) is 34.1 Å². The number of carbonyl (C=O) groups is 1. The van der Waals surface area contributed by atoms with Gasteiger partial charge in [-0.25, -0.2) is 0 Å². The van der Waals surface area contributed by atoms with Gasteiger partial charge in [-0.2, -0.15) is 0 Å². The first-order valence-corrected chi connectivity index (χ1v) is 8.93. The van der Waals surface area contributed by atoms with Crippen molar-refractivity contribution in [2.24, 2.45) is 0 Å². The number of rotatable bonds is 4. The minimum atomic E-state index is -0.131. The summed E-state index contributed by atoms with van der Waals surface area (Å²) in [4.78, 5) is 12.3. The fourth-order valence-electron chi connectivity index (χ4n) is 2.70. The van der Waals surface area contributed by atoms with Crippen LogP contribution in [-0.2, 0) is 6.42 Å². The van der Waals surface area contributed by atoms with Gasteiger partial charge in [-0.05, 0) is 54.1 Å². The summed E-state index contributed by atoms with van der Waals surface area (Å²) in [5, 5.41) is 11.3. The maximum Gasteiger partial charge on any atom is 0.255 e. The van der Waals surface area contributed by atoms with Crippen LogP contribution in [0.1, 0.15) is 21.7 Å². The van der Waals surface area contributed by atoms with Crippen molar-refractivity contribution in [2.45, 2.75) is 6.42 Å². The number of anilines is 1. The van der Waals surface area contributed by atoms with Crippen molar-refractivity contribution in [3.05, 3.63) is 94.4 Å². The zero-order valence-electron chi connectivity index (χ0n) is 13.8. The summed E-state index contributed by atoms with van der Waals surface area (Å²) < 4.78 is 2.92. The molecule has 0 saturated heterocycles. The van der Waals surface area contributed by atoms with Crippen LogP contribution in [-0.4, -0.2) is 20.5 Å². The summed E-state index contributed by atoms with van der Waals surface area (Å²) in [7, 11) is 0. The van der Waals surface area contributed by atoms with E-state index in [1.807, 2.05) is 65.2 Å². The number of halogens is 1. The lowest BCUT2D eigenvalue weighted by Gasteiger charge is -2.07. The average molecular weight is 407 g/mol. The zero-order chi connectivity index (χ0) is 17.9. The van der Waals surface area contributed by atoms with Crippen molar-refractivity contribution >= 4 is 33.2 Å². The molecule has 0 bridgehead atoms. The highest BCUT2D eigenvalue weighted by atomic mass is 79.9. The first kappa shape index (κ1) is 16.5. The molecule has 4 rings (SSSR count). The molecule has 2 heterocycles. The van der Waals surface area contributed by atoms with Gasteiger partial charge in [0.25, 0.3) is 5.91 Å². The predicted molar refractivity (Wildman–Crippen MR) is 104 cm³/mol. The maximum absolute atomic E-state index is 12.3. The summed E-state index contributed by atoms with van der Waals surface area (Å²) in [6.45, 7) is 0. The summed E-state index contributed by atoms with van der Waals surface area (Å²) in [5.41, 5.74) is 3.31. The Kier molecular flexibility index (Phi) is 4.50. The molecule has 1 amide bonds. The van der Waals surface area contributed by atoms with E-state index < -0.39 is 0 Å². The van der Waals surface area contributed by atoms with Gasteiger partial charge in [0, 0.05) is 28.3 Å². The van der Waals surface area contributed by atoms with E-state index in [0.717, 1.165) is 27.2 Å². The molecule has 4 aromatic rings. The van der Waals surface area contributed by atoms with Gasteiger partial charge in [0.05, 0.1) is 0 Å². The highest BCUT2D eigenvalue weighted by Crippen LogP contribution is 2.16. The Morgan fingerprint density at radius 3 is 2.50 bits per heavy atom. The minimum absolute atomic E-state index is 0.131. The standard InChI is InChI=1S/C20H15BrN4O/c21-16-8-6-15(7-9-16)20(26)22-17-10-4-14(5-11-17)13-19-24-23-18-3-1-2-12-25(18)19/h1-12H,13H2,(H,22,26). The van der Waals surface area contributed by atoms with E-state index in [1.165, 1.54) is 0 Å². The fraction of sp³-hybridized carbons (Fsp3) is 0.0500. The highest BCUT2D eigenvalue weighted by Gasteiger charge is 2.08. The third kappa shape index (κ3) is 3.50. The largest absolute Gasteiger partial charge is 0.322 e. The molecule has 26 heavy (non-hydrogen) atoms. The molecule has 128 valence electrons. The lowest BCUT2D eigenvalue weighted by molar-refractivity contribution is 0.102. The molecule has 0 unspecified atom stereocenters. The number of benzene rings is 2.